The standard InChI is InChI=1S/C20H26N2O/c1-5-22(18-10-7-15(2)8-11-18)13-12-21-20(23)19-14-16(3)6-9-17(19)4/h6-11,14H,5,12-13H2,1-4H3,(H,21,23). The van der Waals surface area contributed by atoms with Crippen LogP contribution in [0.25, 0.3) is 0 Å². The maximum absolute atomic E-state index is 12.3. The molecule has 0 heterocycles. The number of anilines is 1. The fourth-order valence-electron chi connectivity index (χ4n) is 2.61. The molecule has 2 rings (SSSR count). The summed E-state index contributed by atoms with van der Waals surface area (Å²) in [5.74, 6) is 0.00570. The van der Waals surface area contributed by atoms with Crippen LogP contribution in [0.4, 0.5) is 5.69 Å². The van der Waals surface area contributed by atoms with Gasteiger partial charge in [-0.2, -0.15) is 0 Å². The van der Waals surface area contributed by atoms with Crippen LogP contribution in [0.1, 0.15) is 34.0 Å². The smallest absolute Gasteiger partial charge is 0.251 e. The molecule has 0 unspecified atom stereocenters. The van der Waals surface area contributed by atoms with Crippen LogP contribution in [-0.2, 0) is 0 Å². The summed E-state index contributed by atoms with van der Waals surface area (Å²) >= 11 is 0. The van der Waals surface area contributed by atoms with Gasteiger partial charge in [0.1, 0.15) is 0 Å². The van der Waals surface area contributed by atoms with E-state index in [1.165, 1.54) is 11.3 Å². The SMILES string of the molecule is CCN(CCNC(=O)c1cc(C)ccc1C)c1ccc(C)cc1. The zero-order valence-corrected chi connectivity index (χ0v) is 14.5. The molecule has 3 heteroatoms. The summed E-state index contributed by atoms with van der Waals surface area (Å²) in [6, 6.07) is 14.5. The van der Waals surface area contributed by atoms with E-state index >= 15 is 0 Å². The first-order chi connectivity index (χ1) is 11.0. The molecule has 0 fully saturated rings. The Hall–Kier alpha value is -2.29. The number of likely N-dealkylation sites (N-methyl/N-ethyl adjacent to an activating group) is 1. The van der Waals surface area contributed by atoms with E-state index in [-0.39, 0.29) is 5.91 Å². The number of benzene rings is 2. The lowest BCUT2D eigenvalue weighted by Crippen LogP contribution is -2.35. The van der Waals surface area contributed by atoms with Crippen LogP contribution in [0.15, 0.2) is 42.5 Å². The van der Waals surface area contributed by atoms with E-state index in [9.17, 15) is 4.79 Å². The Bertz CT molecular complexity index is 662. The second kappa shape index (κ2) is 7.82. The average molecular weight is 310 g/mol. The van der Waals surface area contributed by atoms with Crippen molar-refractivity contribution in [1.29, 1.82) is 0 Å². The van der Waals surface area contributed by atoms with E-state index in [0.29, 0.717) is 6.54 Å². The second-order valence-electron chi connectivity index (χ2n) is 5.99. The molecule has 2 aromatic rings. The monoisotopic (exact) mass is 310 g/mol. The van der Waals surface area contributed by atoms with Gasteiger partial charge in [0.05, 0.1) is 0 Å². The van der Waals surface area contributed by atoms with Gasteiger partial charge >= 0.3 is 0 Å². The minimum absolute atomic E-state index is 0.00570. The summed E-state index contributed by atoms with van der Waals surface area (Å²) in [5.41, 5.74) is 5.34. The Morgan fingerprint density at radius 3 is 2.30 bits per heavy atom. The van der Waals surface area contributed by atoms with Gasteiger partial charge in [-0.1, -0.05) is 35.4 Å². The van der Waals surface area contributed by atoms with Gasteiger partial charge in [0.2, 0.25) is 0 Å². The molecule has 2 aromatic carbocycles. The van der Waals surface area contributed by atoms with Gasteiger partial charge in [0.15, 0.2) is 0 Å². The predicted octanol–water partition coefficient (Wildman–Crippen LogP) is 3.87. The highest BCUT2D eigenvalue weighted by Crippen LogP contribution is 2.14. The molecule has 0 atom stereocenters. The van der Waals surface area contributed by atoms with Crippen LogP contribution < -0.4 is 10.2 Å². The Balaban J connectivity index is 1.93. The number of hydrogen-bond donors (Lipinski definition) is 1. The van der Waals surface area contributed by atoms with E-state index in [2.05, 4.69) is 48.3 Å². The number of carbonyl (C=O) groups is 1. The van der Waals surface area contributed by atoms with Gasteiger partial charge in [0.25, 0.3) is 5.91 Å². The predicted molar refractivity (Wildman–Crippen MR) is 97.3 cm³/mol. The Morgan fingerprint density at radius 1 is 1.00 bits per heavy atom. The highest BCUT2D eigenvalue weighted by atomic mass is 16.1. The van der Waals surface area contributed by atoms with Crippen molar-refractivity contribution in [3.63, 3.8) is 0 Å². The Morgan fingerprint density at radius 2 is 1.65 bits per heavy atom. The zero-order valence-electron chi connectivity index (χ0n) is 14.5. The molecule has 23 heavy (non-hydrogen) atoms. The molecule has 1 N–H and O–H groups in total. The summed E-state index contributed by atoms with van der Waals surface area (Å²) in [6.45, 7) is 10.6. The van der Waals surface area contributed by atoms with Crippen molar-refractivity contribution >= 4 is 11.6 Å². The lowest BCUT2D eigenvalue weighted by molar-refractivity contribution is 0.0954. The van der Waals surface area contributed by atoms with Gasteiger partial charge in [-0.15, -0.1) is 0 Å². The maximum Gasteiger partial charge on any atom is 0.251 e. The summed E-state index contributed by atoms with van der Waals surface area (Å²) in [6.07, 6.45) is 0. The largest absolute Gasteiger partial charge is 0.370 e. The quantitative estimate of drug-likeness (QED) is 0.878. The molecule has 0 bridgehead atoms. The molecule has 1 amide bonds. The molecule has 0 aliphatic heterocycles. The van der Waals surface area contributed by atoms with Crippen molar-refractivity contribution in [2.45, 2.75) is 27.7 Å². The number of rotatable bonds is 6. The van der Waals surface area contributed by atoms with Gasteiger partial charge in [-0.3, -0.25) is 4.79 Å². The fourth-order valence-corrected chi connectivity index (χ4v) is 2.61. The van der Waals surface area contributed by atoms with E-state index < -0.39 is 0 Å². The number of aryl methyl sites for hydroxylation is 3. The lowest BCUT2D eigenvalue weighted by atomic mass is 10.1. The number of hydrogen-bond acceptors (Lipinski definition) is 2. The molecule has 0 aliphatic carbocycles. The third-order valence-electron chi connectivity index (χ3n) is 4.09. The van der Waals surface area contributed by atoms with Crippen molar-refractivity contribution in [2.24, 2.45) is 0 Å². The van der Waals surface area contributed by atoms with Crippen LogP contribution in [-0.4, -0.2) is 25.5 Å². The molecule has 3 nitrogen and oxygen atoms in total. The van der Waals surface area contributed by atoms with Crippen molar-refractivity contribution in [3.05, 3.63) is 64.7 Å². The highest BCUT2D eigenvalue weighted by Gasteiger charge is 2.10. The second-order valence-corrected chi connectivity index (χ2v) is 5.99. The fraction of sp³-hybridized carbons (Fsp3) is 0.350. The Labute approximate surface area is 139 Å². The van der Waals surface area contributed by atoms with Crippen molar-refractivity contribution < 1.29 is 4.79 Å². The van der Waals surface area contributed by atoms with E-state index in [0.717, 1.165) is 29.8 Å². The number of carbonyl (C=O) groups excluding carboxylic acids is 1. The van der Waals surface area contributed by atoms with Crippen molar-refractivity contribution in [2.75, 3.05) is 24.5 Å². The van der Waals surface area contributed by atoms with E-state index in [1.54, 1.807) is 0 Å². The van der Waals surface area contributed by atoms with Gasteiger partial charge < -0.3 is 10.2 Å². The molecule has 122 valence electrons. The first-order valence-corrected chi connectivity index (χ1v) is 8.18. The van der Waals surface area contributed by atoms with Crippen LogP contribution in [0.5, 0.6) is 0 Å². The molecule has 0 aliphatic rings. The van der Waals surface area contributed by atoms with Crippen LogP contribution >= 0.6 is 0 Å². The van der Waals surface area contributed by atoms with Crippen LogP contribution in [0.2, 0.25) is 0 Å². The van der Waals surface area contributed by atoms with Crippen LogP contribution in [0.3, 0.4) is 0 Å². The van der Waals surface area contributed by atoms with E-state index in [4.69, 9.17) is 0 Å². The molecule has 0 saturated carbocycles. The van der Waals surface area contributed by atoms with Crippen molar-refractivity contribution in [3.8, 4) is 0 Å². The van der Waals surface area contributed by atoms with Gasteiger partial charge in [-0.25, -0.2) is 0 Å². The number of nitrogens with one attached hydrogen (secondary N) is 1. The van der Waals surface area contributed by atoms with Gasteiger partial charge in [0, 0.05) is 30.9 Å². The van der Waals surface area contributed by atoms with Crippen molar-refractivity contribution in [1.82, 2.24) is 5.32 Å². The molecule has 0 aromatic heterocycles. The summed E-state index contributed by atoms with van der Waals surface area (Å²) < 4.78 is 0. The molecule has 0 saturated heterocycles. The minimum Gasteiger partial charge on any atom is -0.370 e. The minimum atomic E-state index is 0.00570. The van der Waals surface area contributed by atoms with E-state index in [1.807, 2.05) is 32.0 Å². The van der Waals surface area contributed by atoms with Crippen LogP contribution in [0, 0.1) is 20.8 Å². The number of amides is 1. The summed E-state index contributed by atoms with van der Waals surface area (Å²) in [4.78, 5) is 14.6. The summed E-state index contributed by atoms with van der Waals surface area (Å²) in [7, 11) is 0. The maximum atomic E-state index is 12.3. The Kier molecular flexibility index (Phi) is 5.80. The molecule has 0 spiro atoms. The summed E-state index contributed by atoms with van der Waals surface area (Å²) in [5, 5.41) is 3.03. The number of nitrogens with zero attached hydrogens (tertiary/aromatic N) is 1. The zero-order chi connectivity index (χ0) is 16.8. The normalized spacial score (nSPS) is 10.4. The van der Waals surface area contributed by atoms with Gasteiger partial charge in [-0.05, 0) is 51.5 Å². The average Bonchev–Trinajstić information content (AvgIpc) is 2.55. The first-order valence-electron chi connectivity index (χ1n) is 8.18. The topological polar surface area (TPSA) is 32.3 Å². The first kappa shape index (κ1) is 17.1. The molecule has 0 radical (unpaired) electrons. The third kappa shape index (κ3) is 4.59. The molecular weight excluding hydrogens is 284 g/mol. The lowest BCUT2D eigenvalue weighted by Gasteiger charge is -2.23. The third-order valence-corrected chi connectivity index (χ3v) is 4.09. The highest BCUT2D eigenvalue weighted by molar-refractivity contribution is 5.95. The molecular formula is C20H26N2O.